The summed E-state index contributed by atoms with van der Waals surface area (Å²) in [6.45, 7) is 0.967. The molecule has 0 radical (unpaired) electrons. The summed E-state index contributed by atoms with van der Waals surface area (Å²) in [5.74, 6) is 4.88. The number of rotatable bonds is 2. The minimum atomic E-state index is -2.01. The first-order chi connectivity index (χ1) is 10.9. The number of H-pyrrole nitrogens is 1. The molecule has 4 atom stereocenters. The average molecular weight is 321 g/mol. The Balaban J connectivity index is 2.20. The molecule has 1 aliphatic heterocycles. The van der Waals surface area contributed by atoms with Crippen LogP contribution in [0.2, 0.25) is 0 Å². The fraction of sp³-hybridized carbons (Fsp3) is 0.462. The maximum Gasteiger partial charge on any atom is 0.280 e. The van der Waals surface area contributed by atoms with Gasteiger partial charge in [-0.1, -0.05) is 5.92 Å². The summed E-state index contributed by atoms with van der Waals surface area (Å²) in [7, 11) is 0. The molecule has 2 aromatic heterocycles. The first kappa shape index (κ1) is 15.4. The lowest BCUT2D eigenvalue weighted by atomic mass is 9.94. The number of nitrogens with two attached hydrogens (primary N) is 1. The molecule has 1 aliphatic rings. The smallest absolute Gasteiger partial charge is 0.280 e. The van der Waals surface area contributed by atoms with Gasteiger partial charge in [-0.3, -0.25) is 14.3 Å². The van der Waals surface area contributed by atoms with Crippen molar-refractivity contribution >= 4 is 17.1 Å². The van der Waals surface area contributed by atoms with E-state index in [-0.39, 0.29) is 17.1 Å². The summed E-state index contributed by atoms with van der Waals surface area (Å²) in [4.78, 5) is 22.0. The maximum atomic E-state index is 11.8. The average Bonchev–Trinajstić information content (AvgIpc) is 3.01. The second-order valence-corrected chi connectivity index (χ2v) is 5.13. The van der Waals surface area contributed by atoms with E-state index in [1.807, 2.05) is 0 Å². The largest absolute Gasteiger partial charge is 0.394 e. The number of nitrogen functional groups attached to an aromatic ring is 1. The van der Waals surface area contributed by atoms with E-state index in [2.05, 4.69) is 26.8 Å². The van der Waals surface area contributed by atoms with Gasteiger partial charge in [-0.2, -0.15) is 4.98 Å². The summed E-state index contributed by atoms with van der Waals surface area (Å²) in [6, 6.07) is 0. The number of fused-ring (bicyclic) bond motifs is 1. The van der Waals surface area contributed by atoms with Crippen molar-refractivity contribution in [1.82, 2.24) is 19.5 Å². The van der Waals surface area contributed by atoms with Crippen molar-refractivity contribution in [3.8, 4) is 11.8 Å². The number of imidazole rings is 1. The molecule has 2 aromatic rings. The van der Waals surface area contributed by atoms with Gasteiger partial charge >= 0.3 is 0 Å². The summed E-state index contributed by atoms with van der Waals surface area (Å²) in [5, 5.41) is 30.2. The van der Waals surface area contributed by atoms with Gasteiger partial charge in [-0.15, -0.1) is 5.92 Å². The Morgan fingerprint density at radius 3 is 3.00 bits per heavy atom. The van der Waals surface area contributed by atoms with Crippen molar-refractivity contribution in [3.05, 3.63) is 16.7 Å². The Labute approximate surface area is 129 Å². The summed E-state index contributed by atoms with van der Waals surface area (Å²) in [6.07, 6.45) is -2.50. The van der Waals surface area contributed by atoms with Gasteiger partial charge in [0.15, 0.2) is 23.0 Å². The zero-order chi connectivity index (χ0) is 16.8. The van der Waals surface area contributed by atoms with E-state index in [1.165, 1.54) is 17.8 Å². The number of nitrogens with zero attached hydrogens (tertiary/aromatic N) is 3. The zero-order valence-electron chi connectivity index (χ0n) is 12.1. The van der Waals surface area contributed by atoms with Gasteiger partial charge in [0.1, 0.15) is 12.2 Å². The number of anilines is 1. The van der Waals surface area contributed by atoms with Gasteiger partial charge in [-0.05, 0) is 6.92 Å². The van der Waals surface area contributed by atoms with Crippen LogP contribution in [0.25, 0.3) is 11.2 Å². The van der Waals surface area contributed by atoms with Crippen molar-refractivity contribution in [2.45, 2.75) is 31.0 Å². The molecule has 3 rings (SSSR count). The molecule has 0 aliphatic carbocycles. The van der Waals surface area contributed by atoms with Gasteiger partial charge in [0.05, 0.1) is 12.9 Å². The third-order valence-electron chi connectivity index (χ3n) is 3.69. The molecular formula is C13H15N5O5. The maximum absolute atomic E-state index is 11.8. The van der Waals surface area contributed by atoms with Gasteiger partial charge in [-0.25, -0.2) is 4.98 Å². The second-order valence-electron chi connectivity index (χ2n) is 5.13. The van der Waals surface area contributed by atoms with Crippen LogP contribution >= 0.6 is 0 Å². The van der Waals surface area contributed by atoms with Gasteiger partial charge in [0, 0.05) is 0 Å². The molecular weight excluding hydrogens is 306 g/mol. The van der Waals surface area contributed by atoms with Crippen LogP contribution in [0.15, 0.2) is 11.1 Å². The zero-order valence-corrected chi connectivity index (χ0v) is 12.1. The predicted molar refractivity (Wildman–Crippen MR) is 78.0 cm³/mol. The molecule has 1 fully saturated rings. The van der Waals surface area contributed by atoms with Crippen LogP contribution in [0.1, 0.15) is 13.2 Å². The number of hydrogen-bond acceptors (Lipinski definition) is 8. The predicted octanol–water partition coefficient (Wildman–Crippen LogP) is -2.29. The van der Waals surface area contributed by atoms with E-state index in [1.54, 1.807) is 0 Å². The number of aliphatic hydroxyl groups excluding tert-OH is 2. The highest BCUT2D eigenvalue weighted by Gasteiger charge is 2.55. The number of aromatic nitrogens is 4. The molecule has 6 N–H and O–H groups in total. The monoisotopic (exact) mass is 321 g/mol. The highest BCUT2D eigenvalue weighted by molar-refractivity contribution is 5.70. The summed E-state index contributed by atoms with van der Waals surface area (Å²) < 4.78 is 6.75. The van der Waals surface area contributed by atoms with Crippen molar-refractivity contribution in [3.63, 3.8) is 0 Å². The Kier molecular flexibility index (Phi) is 3.57. The van der Waals surface area contributed by atoms with E-state index in [4.69, 9.17) is 10.5 Å². The molecule has 3 heterocycles. The van der Waals surface area contributed by atoms with Gasteiger partial charge < -0.3 is 25.8 Å². The molecule has 0 aromatic carbocycles. The molecule has 1 saturated heterocycles. The Bertz CT molecular complexity index is 865. The number of ether oxygens (including phenoxy) is 1. The van der Waals surface area contributed by atoms with Crippen molar-refractivity contribution in [2.75, 3.05) is 12.3 Å². The van der Waals surface area contributed by atoms with Crippen LogP contribution in [-0.2, 0) is 4.74 Å². The highest BCUT2D eigenvalue weighted by atomic mass is 16.6. The normalized spacial score (nSPS) is 30.3. The van der Waals surface area contributed by atoms with Crippen LogP contribution < -0.4 is 11.3 Å². The van der Waals surface area contributed by atoms with Gasteiger partial charge in [0.2, 0.25) is 5.95 Å². The minimum absolute atomic E-state index is 0.00320. The van der Waals surface area contributed by atoms with E-state index >= 15 is 0 Å². The lowest BCUT2D eigenvalue weighted by Crippen LogP contribution is -2.45. The molecule has 10 heteroatoms. The van der Waals surface area contributed by atoms with E-state index in [9.17, 15) is 20.1 Å². The molecule has 10 nitrogen and oxygen atoms in total. The molecule has 0 spiro atoms. The third kappa shape index (κ3) is 2.18. The molecule has 122 valence electrons. The Hall–Kier alpha value is -2.45. The summed E-state index contributed by atoms with van der Waals surface area (Å²) in [5.41, 5.74) is 3.04. The lowest BCUT2D eigenvalue weighted by molar-refractivity contribution is -0.0722. The van der Waals surface area contributed by atoms with Crippen LogP contribution in [0.4, 0.5) is 5.95 Å². The van der Waals surface area contributed by atoms with E-state index < -0.39 is 36.2 Å². The molecule has 23 heavy (non-hydrogen) atoms. The van der Waals surface area contributed by atoms with Crippen molar-refractivity contribution < 1.29 is 20.1 Å². The summed E-state index contributed by atoms with van der Waals surface area (Å²) >= 11 is 0. The minimum Gasteiger partial charge on any atom is -0.394 e. The van der Waals surface area contributed by atoms with Crippen LogP contribution in [0.5, 0.6) is 0 Å². The third-order valence-corrected chi connectivity index (χ3v) is 3.69. The quantitative estimate of drug-likeness (QED) is 0.386. The standard InChI is InChI=1S/C13H15N5O5/c1-2-3-13(22)8(20)6(4-19)23-11(13)18-5-15-7-9(18)16-12(14)17-10(7)21/h5-6,8,11,19-20,22H,4H2,1H3,(H3,14,16,17,21)/t6-,8?,11-,13?/m1/s1. The first-order valence-electron chi connectivity index (χ1n) is 6.75. The molecule has 2 unspecified atom stereocenters. The van der Waals surface area contributed by atoms with E-state index in [0.717, 1.165) is 0 Å². The van der Waals surface area contributed by atoms with Crippen molar-refractivity contribution in [1.29, 1.82) is 0 Å². The van der Waals surface area contributed by atoms with Crippen molar-refractivity contribution in [2.24, 2.45) is 0 Å². The molecule has 0 amide bonds. The Morgan fingerprint density at radius 1 is 1.61 bits per heavy atom. The lowest BCUT2D eigenvalue weighted by Gasteiger charge is -2.26. The fourth-order valence-electron chi connectivity index (χ4n) is 2.64. The first-order valence-corrected chi connectivity index (χ1v) is 6.75. The number of nitrogens with one attached hydrogen (secondary N) is 1. The number of hydrogen-bond donors (Lipinski definition) is 5. The van der Waals surface area contributed by atoms with Crippen LogP contribution in [-0.4, -0.2) is 59.3 Å². The van der Waals surface area contributed by atoms with Crippen LogP contribution in [0.3, 0.4) is 0 Å². The Morgan fingerprint density at radius 2 is 2.35 bits per heavy atom. The number of aliphatic hydroxyl groups is 3. The molecule has 0 bridgehead atoms. The highest BCUT2D eigenvalue weighted by Crippen LogP contribution is 2.39. The van der Waals surface area contributed by atoms with E-state index in [0.29, 0.717) is 0 Å². The second kappa shape index (κ2) is 5.32. The van der Waals surface area contributed by atoms with Crippen LogP contribution in [0, 0.1) is 11.8 Å². The number of aromatic amines is 1. The molecule has 0 saturated carbocycles. The SMILES string of the molecule is CC#CC1(O)C(O)[C@@H](CO)O[C@H]1n1cnc2c(=O)[nH]c(N)nc21. The fourth-order valence-corrected chi connectivity index (χ4v) is 2.64. The topological polar surface area (TPSA) is 160 Å². The van der Waals surface area contributed by atoms with Gasteiger partial charge in [0.25, 0.3) is 5.56 Å².